The zero-order chi connectivity index (χ0) is 13.0. The summed E-state index contributed by atoms with van der Waals surface area (Å²) in [5.74, 6) is 0.968. The Morgan fingerprint density at radius 3 is 2.78 bits per heavy atom. The van der Waals surface area contributed by atoms with E-state index in [0.717, 1.165) is 27.8 Å². The number of aromatic nitrogens is 1. The van der Waals surface area contributed by atoms with Crippen LogP contribution in [0.2, 0.25) is 0 Å². The largest absolute Gasteiger partial charge is 0.488 e. The van der Waals surface area contributed by atoms with Crippen LogP contribution in [0.3, 0.4) is 0 Å². The highest BCUT2D eigenvalue weighted by Gasteiger charge is 2.06. The van der Waals surface area contributed by atoms with Gasteiger partial charge < -0.3 is 4.74 Å². The zero-order valence-electron chi connectivity index (χ0n) is 10.6. The van der Waals surface area contributed by atoms with E-state index in [9.17, 15) is 0 Å². The molecule has 0 spiro atoms. The summed E-state index contributed by atoms with van der Waals surface area (Å²) >= 11 is 3.49. The van der Waals surface area contributed by atoms with Crippen LogP contribution in [0.25, 0.3) is 0 Å². The molecule has 1 aromatic heterocycles. The Morgan fingerprint density at radius 2 is 2.06 bits per heavy atom. The number of pyridine rings is 1. The summed E-state index contributed by atoms with van der Waals surface area (Å²) in [5.41, 5.74) is 4.59. The molecule has 0 bridgehead atoms. The van der Waals surface area contributed by atoms with E-state index in [1.807, 2.05) is 25.4 Å². The molecule has 1 heterocycles. The smallest absolute Gasteiger partial charge is 0.126 e. The van der Waals surface area contributed by atoms with Crippen LogP contribution in [0.15, 0.2) is 36.7 Å². The van der Waals surface area contributed by atoms with Gasteiger partial charge in [-0.15, -0.1) is 0 Å². The molecule has 94 valence electrons. The number of hydrogen-bond acceptors (Lipinski definition) is 2. The van der Waals surface area contributed by atoms with Gasteiger partial charge in [0.1, 0.15) is 12.4 Å². The van der Waals surface area contributed by atoms with Crippen LogP contribution in [-0.2, 0) is 11.9 Å². The second kappa shape index (κ2) is 6.01. The molecule has 2 nitrogen and oxygen atoms in total. The fraction of sp³-hybridized carbons (Fsp3) is 0.267. The first kappa shape index (κ1) is 13.1. The van der Waals surface area contributed by atoms with Crippen molar-refractivity contribution < 1.29 is 4.74 Å². The first-order chi connectivity index (χ1) is 8.70. The van der Waals surface area contributed by atoms with Gasteiger partial charge in [0.2, 0.25) is 0 Å². The SMILES string of the molecule is Cc1cncc(COc2c(C)cccc2CBr)c1. The molecular formula is C15H16BrNO. The number of rotatable bonds is 4. The van der Waals surface area contributed by atoms with Crippen molar-refractivity contribution in [2.75, 3.05) is 0 Å². The van der Waals surface area contributed by atoms with Gasteiger partial charge in [-0.25, -0.2) is 0 Å². The molecule has 0 amide bonds. The van der Waals surface area contributed by atoms with Crippen LogP contribution < -0.4 is 4.74 Å². The van der Waals surface area contributed by atoms with Crippen molar-refractivity contribution in [2.24, 2.45) is 0 Å². The fourth-order valence-corrected chi connectivity index (χ4v) is 2.32. The molecule has 0 saturated heterocycles. The Labute approximate surface area is 116 Å². The van der Waals surface area contributed by atoms with Crippen molar-refractivity contribution in [3.63, 3.8) is 0 Å². The number of aryl methyl sites for hydroxylation is 2. The molecule has 0 saturated carbocycles. The number of alkyl halides is 1. The first-order valence-corrected chi connectivity index (χ1v) is 7.00. The number of benzene rings is 1. The molecular weight excluding hydrogens is 290 g/mol. The van der Waals surface area contributed by atoms with Crippen LogP contribution in [0, 0.1) is 13.8 Å². The summed E-state index contributed by atoms with van der Waals surface area (Å²) in [6.45, 7) is 4.66. The van der Waals surface area contributed by atoms with Gasteiger partial charge in [-0.1, -0.05) is 34.1 Å². The zero-order valence-corrected chi connectivity index (χ0v) is 12.2. The summed E-state index contributed by atoms with van der Waals surface area (Å²) in [7, 11) is 0. The van der Waals surface area contributed by atoms with Crippen molar-refractivity contribution in [1.29, 1.82) is 0 Å². The third-order valence-electron chi connectivity index (χ3n) is 2.75. The van der Waals surface area contributed by atoms with E-state index >= 15 is 0 Å². The van der Waals surface area contributed by atoms with Crippen LogP contribution in [-0.4, -0.2) is 4.98 Å². The number of para-hydroxylation sites is 1. The molecule has 0 unspecified atom stereocenters. The average Bonchev–Trinajstić information content (AvgIpc) is 2.37. The molecule has 0 atom stereocenters. The maximum Gasteiger partial charge on any atom is 0.126 e. The van der Waals surface area contributed by atoms with Crippen molar-refractivity contribution in [1.82, 2.24) is 4.98 Å². The normalized spacial score (nSPS) is 10.4. The molecule has 18 heavy (non-hydrogen) atoms. The van der Waals surface area contributed by atoms with Crippen molar-refractivity contribution in [3.8, 4) is 5.75 Å². The third kappa shape index (κ3) is 3.10. The lowest BCUT2D eigenvalue weighted by Crippen LogP contribution is -2.00. The van der Waals surface area contributed by atoms with Crippen molar-refractivity contribution in [2.45, 2.75) is 25.8 Å². The van der Waals surface area contributed by atoms with E-state index in [4.69, 9.17) is 4.74 Å². The lowest BCUT2D eigenvalue weighted by atomic mass is 10.1. The van der Waals surface area contributed by atoms with Gasteiger partial charge in [0.15, 0.2) is 0 Å². The van der Waals surface area contributed by atoms with Crippen molar-refractivity contribution in [3.05, 3.63) is 58.9 Å². The van der Waals surface area contributed by atoms with E-state index in [1.165, 1.54) is 5.56 Å². The van der Waals surface area contributed by atoms with Crippen LogP contribution in [0.4, 0.5) is 0 Å². The maximum absolute atomic E-state index is 5.93. The summed E-state index contributed by atoms with van der Waals surface area (Å²) in [6.07, 6.45) is 3.69. The van der Waals surface area contributed by atoms with E-state index < -0.39 is 0 Å². The summed E-state index contributed by atoms with van der Waals surface area (Å²) in [6, 6.07) is 8.29. The van der Waals surface area contributed by atoms with Gasteiger partial charge in [0.25, 0.3) is 0 Å². The predicted octanol–water partition coefficient (Wildman–Crippen LogP) is 4.17. The molecule has 0 aliphatic rings. The molecule has 1 aromatic carbocycles. The van der Waals surface area contributed by atoms with Gasteiger partial charge >= 0.3 is 0 Å². The minimum Gasteiger partial charge on any atom is -0.488 e. The minimum absolute atomic E-state index is 0.555. The molecule has 0 fully saturated rings. The standard InChI is InChI=1S/C15H16BrNO/c1-11-6-13(9-17-8-11)10-18-15-12(2)4-3-5-14(15)7-16/h3-6,8-9H,7,10H2,1-2H3. The number of halogens is 1. The fourth-order valence-electron chi connectivity index (χ4n) is 1.88. The second-order valence-electron chi connectivity index (χ2n) is 4.36. The lowest BCUT2D eigenvalue weighted by Gasteiger charge is -2.13. The number of ether oxygens (including phenoxy) is 1. The molecule has 0 aliphatic heterocycles. The third-order valence-corrected chi connectivity index (χ3v) is 3.36. The molecule has 3 heteroatoms. The molecule has 0 aliphatic carbocycles. The van der Waals surface area contributed by atoms with Crippen LogP contribution in [0.1, 0.15) is 22.3 Å². The Morgan fingerprint density at radius 1 is 1.22 bits per heavy atom. The monoisotopic (exact) mass is 305 g/mol. The van der Waals surface area contributed by atoms with Crippen LogP contribution in [0.5, 0.6) is 5.75 Å². The van der Waals surface area contributed by atoms with E-state index in [-0.39, 0.29) is 0 Å². The lowest BCUT2D eigenvalue weighted by molar-refractivity contribution is 0.301. The quantitative estimate of drug-likeness (QED) is 0.791. The Kier molecular flexibility index (Phi) is 4.37. The average molecular weight is 306 g/mol. The Hall–Kier alpha value is -1.35. The van der Waals surface area contributed by atoms with Crippen LogP contribution >= 0.6 is 15.9 Å². The predicted molar refractivity (Wildman–Crippen MR) is 77.1 cm³/mol. The highest BCUT2D eigenvalue weighted by Crippen LogP contribution is 2.26. The number of nitrogens with zero attached hydrogens (tertiary/aromatic N) is 1. The molecule has 0 N–H and O–H groups in total. The Balaban J connectivity index is 2.15. The minimum atomic E-state index is 0.555. The van der Waals surface area contributed by atoms with Gasteiger partial charge in [0.05, 0.1) is 0 Å². The highest BCUT2D eigenvalue weighted by atomic mass is 79.9. The maximum atomic E-state index is 5.93. The topological polar surface area (TPSA) is 22.1 Å². The summed E-state index contributed by atoms with van der Waals surface area (Å²) in [4.78, 5) is 4.17. The van der Waals surface area contributed by atoms with Gasteiger partial charge in [0, 0.05) is 28.9 Å². The molecule has 2 rings (SSSR count). The van der Waals surface area contributed by atoms with E-state index in [0.29, 0.717) is 6.61 Å². The molecule has 0 radical (unpaired) electrons. The Bertz CT molecular complexity index is 540. The van der Waals surface area contributed by atoms with Crippen molar-refractivity contribution >= 4 is 15.9 Å². The van der Waals surface area contributed by atoms with E-state index in [1.54, 1.807) is 0 Å². The van der Waals surface area contributed by atoms with Gasteiger partial charge in [-0.3, -0.25) is 4.98 Å². The van der Waals surface area contributed by atoms with Gasteiger partial charge in [-0.05, 0) is 31.0 Å². The molecule has 2 aromatic rings. The highest BCUT2D eigenvalue weighted by molar-refractivity contribution is 9.08. The number of hydrogen-bond donors (Lipinski definition) is 0. The first-order valence-electron chi connectivity index (χ1n) is 5.88. The summed E-state index contributed by atoms with van der Waals surface area (Å²) < 4.78 is 5.93. The second-order valence-corrected chi connectivity index (χ2v) is 4.92. The van der Waals surface area contributed by atoms with Gasteiger partial charge in [-0.2, -0.15) is 0 Å². The summed E-state index contributed by atoms with van der Waals surface area (Å²) in [5, 5.41) is 0.802. The van der Waals surface area contributed by atoms with E-state index in [2.05, 4.69) is 46.0 Å².